The van der Waals surface area contributed by atoms with E-state index in [0.717, 1.165) is 5.56 Å². The van der Waals surface area contributed by atoms with E-state index in [1.165, 1.54) is 6.08 Å². The zero-order chi connectivity index (χ0) is 18.4. The fourth-order valence-electron chi connectivity index (χ4n) is 2.42. The molecule has 2 amide bonds. The van der Waals surface area contributed by atoms with Gasteiger partial charge in [0.1, 0.15) is 5.57 Å². The zero-order valence-electron chi connectivity index (χ0n) is 14.2. The Morgan fingerprint density at radius 2 is 1.76 bits per heavy atom. The average molecular weight is 360 g/mol. The first kappa shape index (κ1) is 18.7. The first-order chi connectivity index (χ1) is 12.0. The lowest BCUT2D eigenvalue weighted by molar-refractivity contribution is -0.123. The molecule has 0 saturated carbocycles. The maximum atomic E-state index is 12.0. The summed E-state index contributed by atoms with van der Waals surface area (Å²) in [5.74, 6) is 0.129. The molecule has 0 aliphatic carbocycles. The molecule has 1 aromatic carbocycles. The van der Waals surface area contributed by atoms with Gasteiger partial charge in [0.25, 0.3) is 11.8 Å². The molecule has 0 spiro atoms. The van der Waals surface area contributed by atoms with Crippen LogP contribution in [0.5, 0.6) is 11.5 Å². The van der Waals surface area contributed by atoms with Crippen LogP contribution in [0.15, 0.2) is 30.4 Å². The van der Waals surface area contributed by atoms with Crippen LogP contribution in [-0.4, -0.2) is 30.1 Å². The van der Waals surface area contributed by atoms with Gasteiger partial charge in [-0.2, -0.15) is 0 Å². The van der Waals surface area contributed by atoms with Crippen LogP contribution in [0.25, 0.3) is 6.08 Å². The number of amides is 2. The van der Waals surface area contributed by atoms with Crippen LogP contribution >= 0.6 is 12.2 Å². The molecular weight excluding hydrogens is 340 g/mol. The Morgan fingerprint density at radius 3 is 2.32 bits per heavy atom. The number of benzene rings is 1. The van der Waals surface area contributed by atoms with Crippen LogP contribution in [0.2, 0.25) is 0 Å². The molecule has 6 nitrogen and oxygen atoms in total. The molecule has 1 aliphatic heterocycles. The summed E-state index contributed by atoms with van der Waals surface area (Å²) < 4.78 is 11.4. The van der Waals surface area contributed by atoms with Crippen molar-refractivity contribution in [3.8, 4) is 11.5 Å². The van der Waals surface area contributed by atoms with Gasteiger partial charge >= 0.3 is 0 Å². The quantitative estimate of drug-likeness (QED) is 0.337. The molecule has 2 rings (SSSR count). The molecule has 1 heterocycles. The summed E-state index contributed by atoms with van der Waals surface area (Å²) in [7, 11) is 0. The van der Waals surface area contributed by atoms with Crippen molar-refractivity contribution in [1.82, 2.24) is 10.6 Å². The number of rotatable bonds is 7. The van der Waals surface area contributed by atoms with Crippen LogP contribution in [0, 0.1) is 0 Å². The normalized spacial score (nSPS) is 13.8. The van der Waals surface area contributed by atoms with E-state index >= 15 is 0 Å². The van der Waals surface area contributed by atoms with Crippen LogP contribution in [0.1, 0.15) is 25.0 Å². The Balaban J connectivity index is 2.51. The van der Waals surface area contributed by atoms with Gasteiger partial charge in [-0.1, -0.05) is 6.08 Å². The number of hydrogen-bond acceptors (Lipinski definition) is 5. The van der Waals surface area contributed by atoms with Crippen molar-refractivity contribution >= 4 is 35.2 Å². The van der Waals surface area contributed by atoms with E-state index in [-0.39, 0.29) is 10.7 Å². The number of hydrogen-bond donors (Lipinski definition) is 2. The van der Waals surface area contributed by atoms with Crippen molar-refractivity contribution in [1.29, 1.82) is 0 Å². The molecule has 0 radical (unpaired) electrons. The topological polar surface area (TPSA) is 76.7 Å². The number of ether oxygens (including phenoxy) is 2. The molecule has 1 aromatic rings. The Hall–Kier alpha value is -2.67. The molecule has 1 saturated heterocycles. The summed E-state index contributed by atoms with van der Waals surface area (Å²) in [5, 5.41) is 4.82. The largest absolute Gasteiger partial charge is 0.490 e. The van der Waals surface area contributed by atoms with Gasteiger partial charge in [-0.3, -0.25) is 20.2 Å². The number of allylic oxidation sites excluding steroid dienone is 1. The molecule has 132 valence electrons. The molecular formula is C18H20N2O4S. The van der Waals surface area contributed by atoms with Crippen LogP contribution in [0.4, 0.5) is 0 Å². The van der Waals surface area contributed by atoms with Crippen LogP contribution < -0.4 is 20.1 Å². The third-order valence-electron chi connectivity index (χ3n) is 3.36. The minimum atomic E-state index is -0.536. The van der Waals surface area contributed by atoms with E-state index in [4.69, 9.17) is 21.7 Å². The first-order valence-electron chi connectivity index (χ1n) is 7.91. The van der Waals surface area contributed by atoms with Gasteiger partial charge in [-0.25, -0.2) is 0 Å². The monoisotopic (exact) mass is 360 g/mol. The van der Waals surface area contributed by atoms with E-state index in [1.807, 2.05) is 19.9 Å². The van der Waals surface area contributed by atoms with Gasteiger partial charge in [-0.15, -0.1) is 6.58 Å². The third kappa shape index (κ3) is 4.45. The van der Waals surface area contributed by atoms with E-state index in [2.05, 4.69) is 17.2 Å². The summed E-state index contributed by atoms with van der Waals surface area (Å²) in [5.41, 5.74) is 1.49. The molecule has 25 heavy (non-hydrogen) atoms. The van der Waals surface area contributed by atoms with Crippen molar-refractivity contribution in [3.05, 3.63) is 41.5 Å². The van der Waals surface area contributed by atoms with E-state index in [0.29, 0.717) is 36.7 Å². The lowest BCUT2D eigenvalue weighted by Crippen LogP contribution is -2.51. The molecule has 1 aliphatic rings. The Morgan fingerprint density at radius 1 is 1.12 bits per heavy atom. The summed E-state index contributed by atoms with van der Waals surface area (Å²) >= 11 is 4.80. The number of nitrogens with one attached hydrogen (secondary N) is 2. The van der Waals surface area contributed by atoms with Crippen molar-refractivity contribution in [3.63, 3.8) is 0 Å². The van der Waals surface area contributed by atoms with Gasteiger partial charge in [-0.05, 0) is 56.3 Å². The van der Waals surface area contributed by atoms with Crippen molar-refractivity contribution in [2.24, 2.45) is 0 Å². The lowest BCUT2D eigenvalue weighted by atomic mass is 10.0. The highest BCUT2D eigenvalue weighted by Crippen LogP contribution is 2.34. The van der Waals surface area contributed by atoms with E-state index in [1.54, 1.807) is 12.1 Å². The van der Waals surface area contributed by atoms with Gasteiger partial charge < -0.3 is 9.47 Å². The first-order valence-corrected chi connectivity index (χ1v) is 8.32. The van der Waals surface area contributed by atoms with Crippen molar-refractivity contribution < 1.29 is 19.1 Å². The maximum Gasteiger partial charge on any atom is 0.263 e. The summed E-state index contributed by atoms with van der Waals surface area (Å²) in [6.45, 7) is 8.47. The second-order valence-electron chi connectivity index (χ2n) is 5.16. The molecule has 0 aromatic heterocycles. The number of carbonyl (C=O) groups is 2. The van der Waals surface area contributed by atoms with Crippen LogP contribution in [0.3, 0.4) is 0 Å². The summed E-state index contributed by atoms with van der Waals surface area (Å²) in [6, 6.07) is 3.58. The molecule has 0 bridgehead atoms. The van der Waals surface area contributed by atoms with Crippen LogP contribution in [-0.2, 0) is 16.0 Å². The molecule has 2 N–H and O–H groups in total. The highest BCUT2D eigenvalue weighted by Gasteiger charge is 2.26. The smallest absolute Gasteiger partial charge is 0.263 e. The molecule has 0 atom stereocenters. The number of thiocarbonyl (C=S) groups is 1. The highest BCUT2D eigenvalue weighted by molar-refractivity contribution is 7.80. The Labute approximate surface area is 151 Å². The molecule has 0 unspecified atom stereocenters. The highest BCUT2D eigenvalue weighted by atomic mass is 32.1. The van der Waals surface area contributed by atoms with Gasteiger partial charge in [0.2, 0.25) is 0 Å². The average Bonchev–Trinajstić information content (AvgIpc) is 2.54. The Bertz CT molecular complexity index is 734. The fraction of sp³-hybridized carbons (Fsp3) is 0.278. The van der Waals surface area contributed by atoms with E-state index < -0.39 is 11.8 Å². The zero-order valence-corrected chi connectivity index (χ0v) is 15.0. The lowest BCUT2D eigenvalue weighted by Gasteiger charge is -2.18. The summed E-state index contributed by atoms with van der Waals surface area (Å²) in [6.07, 6.45) is 3.81. The SMILES string of the molecule is C=CCc1cc(C=C2C(=O)NC(=S)NC2=O)cc(OCC)c1OCC. The standard InChI is InChI=1S/C18H20N2O4S/c1-4-7-12-8-11(10-14(23-5-2)15(12)24-6-3)9-13-16(21)19-18(25)20-17(13)22/h4,8-10H,1,5-7H2,2-3H3,(H2,19,20,21,22,25). The molecule has 7 heteroatoms. The number of carbonyl (C=O) groups excluding carboxylic acids is 2. The Kier molecular flexibility index (Phi) is 6.30. The third-order valence-corrected chi connectivity index (χ3v) is 3.57. The minimum absolute atomic E-state index is 0.00111. The summed E-state index contributed by atoms with van der Waals surface area (Å²) in [4.78, 5) is 24.0. The second-order valence-corrected chi connectivity index (χ2v) is 5.57. The predicted molar refractivity (Wildman–Crippen MR) is 99.5 cm³/mol. The van der Waals surface area contributed by atoms with Gasteiger partial charge in [0.15, 0.2) is 16.6 Å². The molecule has 1 fully saturated rings. The van der Waals surface area contributed by atoms with Crippen molar-refractivity contribution in [2.75, 3.05) is 13.2 Å². The van der Waals surface area contributed by atoms with Crippen molar-refractivity contribution in [2.45, 2.75) is 20.3 Å². The fourth-order valence-corrected chi connectivity index (χ4v) is 2.60. The van der Waals surface area contributed by atoms with Gasteiger partial charge in [0.05, 0.1) is 13.2 Å². The predicted octanol–water partition coefficient (Wildman–Crippen LogP) is 2.13. The minimum Gasteiger partial charge on any atom is -0.490 e. The maximum absolute atomic E-state index is 12.0. The van der Waals surface area contributed by atoms with Gasteiger partial charge in [0, 0.05) is 5.56 Å². The van der Waals surface area contributed by atoms with E-state index in [9.17, 15) is 9.59 Å². The second kappa shape index (κ2) is 8.43.